The highest BCUT2D eigenvalue weighted by Crippen LogP contribution is 2.28. The van der Waals surface area contributed by atoms with Gasteiger partial charge in [0.15, 0.2) is 0 Å². The van der Waals surface area contributed by atoms with E-state index in [1.807, 2.05) is 31.5 Å². The predicted octanol–water partition coefficient (Wildman–Crippen LogP) is 3.93. The monoisotopic (exact) mass is 455 g/mol. The van der Waals surface area contributed by atoms with E-state index in [0.29, 0.717) is 6.61 Å². The average molecular weight is 456 g/mol. The fraction of sp³-hybridized carbons (Fsp3) is 0.400. The number of hydrogen-bond acceptors (Lipinski definition) is 6. The van der Waals surface area contributed by atoms with Crippen molar-refractivity contribution in [3.05, 3.63) is 53.6 Å². The van der Waals surface area contributed by atoms with Crippen molar-refractivity contribution in [2.24, 2.45) is 7.05 Å². The molecule has 1 N–H and O–H groups in total. The summed E-state index contributed by atoms with van der Waals surface area (Å²) in [5, 5.41) is 6.71. The second-order valence-electron chi connectivity index (χ2n) is 6.69. The first-order valence-corrected chi connectivity index (χ1v) is 10.2. The molecule has 1 saturated heterocycles. The van der Waals surface area contributed by atoms with Crippen LogP contribution in [0.5, 0.6) is 5.75 Å². The number of thiazole rings is 1. The minimum Gasteiger partial charge on any atom is -0.494 e. The Hall–Kier alpha value is -1.64. The molecule has 6 nitrogen and oxygen atoms in total. The van der Waals surface area contributed by atoms with Crippen molar-refractivity contribution < 1.29 is 4.74 Å². The van der Waals surface area contributed by atoms with Gasteiger partial charge in [0.25, 0.3) is 0 Å². The SMILES string of the molecule is CCOc1ccc(-c2nc(CN3CCNCC3c3nccn3C)cs2)cc1.Cl.Cl. The summed E-state index contributed by atoms with van der Waals surface area (Å²) in [7, 11) is 2.06. The number of aryl methyl sites for hydroxylation is 1. The number of nitrogens with one attached hydrogen (secondary N) is 1. The molecule has 0 amide bonds. The Balaban J connectivity index is 0.00000150. The standard InChI is InChI=1S/C20H25N5OS.2ClH/c1-3-26-17-6-4-15(5-7-17)20-23-16(14-27-20)13-25-11-8-21-12-18(25)19-22-9-10-24(19)2;;/h4-7,9-10,14,18,21H,3,8,11-13H2,1-2H3;2*1H. The van der Waals surface area contributed by atoms with Gasteiger partial charge < -0.3 is 14.6 Å². The summed E-state index contributed by atoms with van der Waals surface area (Å²) in [4.78, 5) is 11.9. The fourth-order valence-corrected chi connectivity index (χ4v) is 4.29. The molecular weight excluding hydrogens is 429 g/mol. The number of ether oxygens (including phenoxy) is 1. The van der Waals surface area contributed by atoms with Gasteiger partial charge >= 0.3 is 0 Å². The topological polar surface area (TPSA) is 55.2 Å². The minimum absolute atomic E-state index is 0. The molecule has 0 bridgehead atoms. The van der Waals surface area contributed by atoms with E-state index >= 15 is 0 Å². The number of hydrogen-bond donors (Lipinski definition) is 1. The van der Waals surface area contributed by atoms with Crippen LogP contribution in [0.25, 0.3) is 10.6 Å². The molecule has 0 spiro atoms. The van der Waals surface area contributed by atoms with E-state index in [2.05, 4.69) is 44.3 Å². The molecule has 29 heavy (non-hydrogen) atoms. The lowest BCUT2D eigenvalue weighted by atomic mass is 10.1. The summed E-state index contributed by atoms with van der Waals surface area (Å²) < 4.78 is 7.63. The van der Waals surface area contributed by atoms with E-state index in [1.54, 1.807) is 11.3 Å². The van der Waals surface area contributed by atoms with Crippen molar-refractivity contribution in [2.45, 2.75) is 19.5 Å². The van der Waals surface area contributed by atoms with E-state index in [9.17, 15) is 0 Å². The van der Waals surface area contributed by atoms with Crippen molar-refractivity contribution in [3.63, 3.8) is 0 Å². The predicted molar refractivity (Wildman–Crippen MR) is 122 cm³/mol. The lowest BCUT2D eigenvalue weighted by Crippen LogP contribution is -2.46. The zero-order chi connectivity index (χ0) is 18.6. The van der Waals surface area contributed by atoms with Crippen LogP contribution in [0.15, 0.2) is 42.0 Å². The van der Waals surface area contributed by atoms with Gasteiger partial charge in [-0.25, -0.2) is 9.97 Å². The van der Waals surface area contributed by atoms with Crippen LogP contribution in [0.4, 0.5) is 0 Å². The van der Waals surface area contributed by atoms with Crippen LogP contribution in [0.2, 0.25) is 0 Å². The third-order valence-corrected chi connectivity index (χ3v) is 5.78. The van der Waals surface area contributed by atoms with E-state index in [0.717, 1.165) is 54.0 Å². The number of halogens is 2. The van der Waals surface area contributed by atoms with Gasteiger partial charge in [-0.3, -0.25) is 4.90 Å². The first-order valence-electron chi connectivity index (χ1n) is 9.34. The van der Waals surface area contributed by atoms with Gasteiger partial charge in [0.05, 0.1) is 18.3 Å². The smallest absolute Gasteiger partial charge is 0.127 e. The first-order chi connectivity index (χ1) is 13.2. The van der Waals surface area contributed by atoms with Crippen LogP contribution in [0.3, 0.4) is 0 Å². The summed E-state index contributed by atoms with van der Waals surface area (Å²) in [6.45, 7) is 6.43. The third kappa shape index (κ3) is 5.49. The number of nitrogens with zero attached hydrogens (tertiary/aromatic N) is 4. The maximum absolute atomic E-state index is 5.52. The van der Waals surface area contributed by atoms with Crippen LogP contribution in [-0.2, 0) is 13.6 Å². The second kappa shape index (κ2) is 10.9. The molecule has 158 valence electrons. The molecule has 0 radical (unpaired) electrons. The van der Waals surface area contributed by atoms with Crippen molar-refractivity contribution in [1.82, 2.24) is 24.8 Å². The molecule has 0 aliphatic carbocycles. The van der Waals surface area contributed by atoms with E-state index in [1.165, 1.54) is 0 Å². The highest BCUT2D eigenvalue weighted by molar-refractivity contribution is 7.13. The summed E-state index contributed by atoms with van der Waals surface area (Å²) in [5.41, 5.74) is 2.25. The fourth-order valence-electron chi connectivity index (χ4n) is 3.47. The molecule has 1 fully saturated rings. The van der Waals surface area contributed by atoms with Crippen LogP contribution >= 0.6 is 36.2 Å². The van der Waals surface area contributed by atoms with Crippen LogP contribution in [0, 0.1) is 0 Å². The van der Waals surface area contributed by atoms with E-state index < -0.39 is 0 Å². The lowest BCUT2D eigenvalue weighted by molar-refractivity contribution is 0.143. The lowest BCUT2D eigenvalue weighted by Gasteiger charge is -2.35. The average Bonchev–Trinajstić information content (AvgIpc) is 3.32. The Labute approximate surface area is 188 Å². The summed E-state index contributed by atoms with van der Waals surface area (Å²) in [5.74, 6) is 2.00. The van der Waals surface area contributed by atoms with Crippen molar-refractivity contribution >= 4 is 36.2 Å². The summed E-state index contributed by atoms with van der Waals surface area (Å²) in [6.07, 6.45) is 3.88. The molecule has 1 unspecified atom stereocenters. The van der Waals surface area contributed by atoms with Gasteiger partial charge in [-0.2, -0.15) is 0 Å². The van der Waals surface area contributed by atoms with Crippen LogP contribution < -0.4 is 10.1 Å². The van der Waals surface area contributed by atoms with Crippen molar-refractivity contribution in [1.29, 1.82) is 0 Å². The van der Waals surface area contributed by atoms with Crippen molar-refractivity contribution in [3.8, 4) is 16.3 Å². The van der Waals surface area contributed by atoms with Gasteiger partial charge in [0.1, 0.15) is 16.6 Å². The number of imidazole rings is 1. The van der Waals surface area contributed by atoms with Crippen molar-refractivity contribution in [2.75, 3.05) is 26.2 Å². The van der Waals surface area contributed by atoms with Gasteiger partial charge in [-0.05, 0) is 31.2 Å². The molecule has 1 aliphatic heterocycles. The first kappa shape index (κ1) is 23.6. The Morgan fingerprint density at radius 1 is 1.24 bits per heavy atom. The summed E-state index contributed by atoms with van der Waals surface area (Å²) in [6, 6.07) is 8.44. The molecule has 4 rings (SSSR count). The number of aromatic nitrogens is 3. The normalized spacial score (nSPS) is 16.7. The van der Waals surface area contributed by atoms with E-state index in [4.69, 9.17) is 9.72 Å². The number of rotatable bonds is 6. The van der Waals surface area contributed by atoms with Gasteiger partial charge in [-0.1, -0.05) is 0 Å². The molecule has 1 aromatic carbocycles. The van der Waals surface area contributed by atoms with Gasteiger partial charge in [0.2, 0.25) is 0 Å². The number of piperazine rings is 1. The Kier molecular flexibility index (Phi) is 8.92. The van der Waals surface area contributed by atoms with Crippen LogP contribution in [-0.4, -0.2) is 45.7 Å². The molecule has 2 aromatic heterocycles. The Bertz CT molecular complexity index is 883. The van der Waals surface area contributed by atoms with Gasteiger partial charge in [-0.15, -0.1) is 36.2 Å². The minimum atomic E-state index is 0. The molecule has 0 saturated carbocycles. The highest BCUT2D eigenvalue weighted by atomic mass is 35.5. The summed E-state index contributed by atoms with van der Waals surface area (Å²) >= 11 is 1.70. The number of benzene rings is 1. The maximum Gasteiger partial charge on any atom is 0.127 e. The van der Waals surface area contributed by atoms with E-state index in [-0.39, 0.29) is 30.9 Å². The van der Waals surface area contributed by atoms with Gasteiger partial charge in [0, 0.05) is 56.6 Å². The Morgan fingerprint density at radius 3 is 2.72 bits per heavy atom. The maximum atomic E-state index is 5.52. The molecule has 3 aromatic rings. The third-order valence-electron chi connectivity index (χ3n) is 4.84. The quantitative estimate of drug-likeness (QED) is 0.609. The molecular formula is C20H27Cl2N5OS. The zero-order valence-corrected chi connectivity index (χ0v) is 19.0. The molecule has 1 aliphatic rings. The second-order valence-corrected chi connectivity index (χ2v) is 7.55. The Morgan fingerprint density at radius 2 is 2.03 bits per heavy atom. The van der Waals surface area contributed by atoms with Crippen LogP contribution in [0.1, 0.15) is 24.5 Å². The molecule has 3 heterocycles. The molecule has 9 heteroatoms. The zero-order valence-electron chi connectivity index (χ0n) is 16.6. The highest BCUT2D eigenvalue weighted by Gasteiger charge is 2.27. The largest absolute Gasteiger partial charge is 0.494 e. The molecule has 1 atom stereocenters.